The largest absolute Gasteiger partial charge is 0.332 e. The highest BCUT2D eigenvalue weighted by Crippen LogP contribution is 2.12. The van der Waals surface area contributed by atoms with Crippen molar-refractivity contribution in [2.45, 2.75) is 26.3 Å². The van der Waals surface area contributed by atoms with Crippen molar-refractivity contribution in [2.75, 3.05) is 0 Å². The van der Waals surface area contributed by atoms with Gasteiger partial charge in [-0.25, -0.2) is 9.59 Å². The van der Waals surface area contributed by atoms with Gasteiger partial charge in [0.1, 0.15) is 5.65 Å². The Kier molecular flexibility index (Phi) is 2.76. The van der Waals surface area contributed by atoms with E-state index in [0.717, 1.165) is 11.0 Å². The molecule has 2 heterocycles. The van der Waals surface area contributed by atoms with Crippen molar-refractivity contribution in [3.63, 3.8) is 0 Å². The van der Waals surface area contributed by atoms with E-state index < -0.39 is 11.2 Å². The summed E-state index contributed by atoms with van der Waals surface area (Å²) in [5.41, 5.74) is -0.748. The van der Waals surface area contributed by atoms with Crippen molar-refractivity contribution >= 4 is 11.2 Å². The molecule has 0 bridgehead atoms. The van der Waals surface area contributed by atoms with Crippen LogP contribution >= 0.6 is 0 Å². The number of nitrogens with zero attached hydrogens (tertiary/aromatic N) is 3. The van der Waals surface area contributed by atoms with Crippen LogP contribution in [0.25, 0.3) is 11.2 Å². The van der Waals surface area contributed by atoms with Gasteiger partial charge in [-0.2, -0.15) is 0 Å². The van der Waals surface area contributed by atoms with Crippen LogP contribution in [0.2, 0.25) is 0 Å². The summed E-state index contributed by atoms with van der Waals surface area (Å²) in [6.07, 6.45) is 0.721. The predicted octanol–water partition coefficient (Wildman–Crippen LogP) is -0.302. The third-order valence-corrected chi connectivity index (χ3v) is 3.36. The zero-order valence-electron chi connectivity index (χ0n) is 10.9. The molecule has 0 aromatic carbocycles. The highest BCUT2D eigenvalue weighted by molar-refractivity contribution is 5.70. The fraction of sp³-hybridized carbons (Fsp3) is 0.545. The number of nitrogens with one attached hydrogen (secondary N) is 1. The molecule has 2 aromatic heterocycles. The molecule has 1 N–H and O–H groups in total. The van der Waals surface area contributed by atoms with E-state index in [1.54, 1.807) is 0 Å². The van der Waals surface area contributed by atoms with Crippen molar-refractivity contribution in [3.05, 3.63) is 31.3 Å². The summed E-state index contributed by atoms with van der Waals surface area (Å²) in [5.74, 6) is 0. The molecule has 0 aliphatic rings. The second-order valence-corrected chi connectivity index (χ2v) is 4.46. The van der Waals surface area contributed by atoms with Crippen LogP contribution in [0.3, 0.4) is 0 Å². The predicted molar refractivity (Wildman–Crippen MR) is 68.0 cm³/mol. The third-order valence-electron chi connectivity index (χ3n) is 3.36. The maximum Gasteiger partial charge on any atom is 0.332 e. The smallest absolute Gasteiger partial charge is 0.291 e. The number of aromatic amines is 1. The SMILES string of the molecule is CCC(C)n1c(=O)[nH]c2c1c(=O)n(C)c(=O)n2C. The molecule has 1 atom stereocenters. The third kappa shape index (κ3) is 1.47. The maximum absolute atomic E-state index is 12.1. The Hall–Kier alpha value is -2.05. The number of hydrogen-bond donors (Lipinski definition) is 1. The topological polar surface area (TPSA) is 81.8 Å². The molecule has 7 heteroatoms. The lowest BCUT2D eigenvalue weighted by atomic mass is 10.2. The summed E-state index contributed by atoms with van der Waals surface area (Å²) in [4.78, 5) is 38.4. The van der Waals surface area contributed by atoms with E-state index in [0.29, 0.717) is 0 Å². The lowest BCUT2D eigenvalue weighted by Gasteiger charge is -2.11. The summed E-state index contributed by atoms with van der Waals surface area (Å²) in [6, 6.07) is -0.101. The molecule has 18 heavy (non-hydrogen) atoms. The van der Waals surface area contributed by atoms with Crippen LogP contribution in [0.4, 0.5) is 0 Å². The lowest BCUT2D eigenvalue weighted by Crippen LogP contribution is -2.38. The molecule has 0 fully saturated rings. The Labute approximate surface area is 102 Å². The van der Waals surface area contributed by atoms with E-state index in [9.17, 15) is 14.4 Å². The Morgan fingerprint density at radius 2 is 1.78 bits per heavy atom. The zero-order chi connectivity index (χ0) is 13.6. The highest BCUT2D eigenvalue weighted by Gasteiger charge is 2.18. The lowest BCUT2D eigenvalue weighted by molar-refractivity contribution is 0.527. The minimum atomic E-state index is -0.454. The van der Waals surface area contributed by atoms with E-state index in [4.69, 9.17) is 0 Å². The molecule has 0 radical (unpaired) electrons. The van der Waals surface area contributed by atoms with Crippen LogP contribution in [0.1, 0.15) is 26.3 Å². The minimum Gasteiger partial charge on any atom is -0.291 e. The van der Waals surface area contributed by atoms with Gasteiger partial charge in [0.15, 0.2) is 5.52 Å². The van der Waals surface area contributed by atoms with E-state index in [1.807, 2.05) is 13.8 Å². The first-order chi connectivity index (χ1) is 8.40. The number of fused-ring (bicyclic) bond motifs is 1. The molecule has 1 unspecified atom stereocenters. The number of H-pyrrole nitrogens is 1. The van der Waals surface area contributed by atoms with Gasteiger partial charge in [0, 0.05) is 20.1 Å². The number of aryl methyl sites for hydroxylation is 1. The Balaban J connectivity index is 3.09. The molecule has 0 amide bonds. The summed E-state index contributed by atoms with van der Waals surface area (Å²) < 4.78 is 3.70. The van der Waals surface area contributed by atoms with Gasteiger partial charge in [0.05, 0.1) is 0 Å². The van der Waals surface area contributed by atoms with Crippen LogP contribution in [0.5, 0.6) is 0 Å². The molecule has 2 rings (SSSR count). The van der Waals surface area contributed by atoms with Gasteiger partial charge in [-0.3, -0.25) is 23.5 Å². The van der Waals surface area contributed by atoms with Crippen LogP contribution in [-0.2, 0) is 14.1 Å². The summed E-state index contributed by atoms with van der Waals surface area (Å²) in [5, 5.41) is 0. The molecule has 0 saturated heterocycles. The first-order valence-electron chi connectivity index (χ1n) is 5.80. The fourth-order valence-electron chi connectivity index (χ4n) is 2.05. The number of rotatable bonds is 2. The summed E-state index contributed by atoms with van der Waals surface area (Å²) in [7, 11) is 2.93. The molecular weight excluding hydrogens is 236 g/mol. The second kappa shape index (κ2) is 4.01. The van der Waals surface area contributed by atoms with E-state index in [1.165, 1.54) is 23.2 Å². The normalized spacial score (nSPS) is 13.1. The van der Waals surface area contributed by atoms with E-state index >= 15 is 0 Å². The molecule has 7 nitrogen and oxygen atoms in total. The maximum atomic E-state index is 12.1. The Bertz CT molecular complexity index is 774. The van der Waals surface area contributed by atoms with Gasteiger partial charge < -0.3 is 0 Å². The van der Waals surface area contributed by atoms with Gasteiger partial charge in [-0.1, -0.05) is 6.92 Å². The van der Waals surface area contributed by atoms with E-state index in [2.05, 4.69) is 4.98 Å². The molecule has 2 aromatic rings. The molecule has 0 spiro atoms. The Morgan fingerprint density at radius 3 is 2.33 bits per heavy atom. The van der Waals surface area contributed by atoms with Gasteiger partial charge in [-0.05, 0) is 13.3 Å². The first-order valence-corrected chi connectivity index (χ1v) is 5.80. The molecular formula is C11H16N4O3. The molecule has 98 valence electrons. The second-order valence-electron chi connectivity index (χ2n) is 4.46. The van der Waals surface area contributed by atoms with Crippen molar-refractivity contribution in [1.82, 2.24) is 18.7 Å². The van der Waals surface area contributed by atoms with Crippen LogP contribution < -0.4 is 16.9 Å². The van der Waals surface area contributed by atoms with Gasteiger partial charge >= 0.3 is 11.4 Å². The van der Waals surface area contributed by atoms with Crippen molar-refractivity contribution in [3.8, 4) is 0 Å². The Morgan fingerprint density at radius 1 is 1.17 bits per heavy atom. The van der Waals surface area contributed by atoms with Crippen LogP contribution in [0.15, 0.2) is 14.4 Å². The first kappa shape index (κ1) is 12.4. The number of aromatic nitrogens is 4. The van der Waals surface area contributed by atoms with Gasteiger partial charge in [0.25, 0.3) is 5.56 Å². The zero-order valence-corrected chi connectivity index (χ0v) is 10.9. The van der Waals surface area contributed by atoms with E-state index in [-0.39, 0.29) is 22.9 Å². The fourth-order valence-corrected chi connectivity index (χ4v) is 2.05. The highest BCUT2D eigenvalue weighted by atomic mass is 16.2. The average molecular weight is 252 g/mol. The van der Waals surface area contributed by atoms with Crippen LogP contribution in [-0.4, -0.2) is 18.7 Å². The molecule has 0 aliphatic heterocycles. The quantitative estimate of drug-likeness (QED) is 0.796. The number of hydrogen-bond acceptors (Lipinski definition) is 3. The van der Waals surface area contributed by atoms with Gasteiger partial charge in [-0.15, -0.1) is 0 Å². The average Bonchev–Trinajstić information content (AvgIpc) is 2.70. The van der Waals surface area contributed by atoms with Crippen molar-refractivity contribution in [1.29, 1.82) is 0 Å². The molecule has 0 aliphatic carbocycles. The van der Waals surface area contributed by atoms with Crippen molar-refractivity contribution in [2.24, 2.45) is 14.1 Å². The van der Waals surface area contributed by atoms with Crippen LogP contribution in [0, 0.1) is 0 Å². The molecule has 0 saturated carbocycles. The summed E-state index contributed by atoms with van der Waals surface area (Å²) >= 11 is 0. The summed E-state index contributed by atoms with van der Waals surface area (Å²) in [6.45, 7) is 3.79. The standard InChI is InChI=1S/C11H16N4O3/c1-5-6(2)15-7-8(12-10(15)17)13(3)11(18)14(4)9(7)16/h6H,5H2,1-4H3,(H,12,17). The van der Waals surface area contributed by atoms with Gasteiger partial charge in [0.2, 0.25) is 0 Å². The minimum absolute atomic E-state index is 0.101. The van der Waals surface area contributed by atoms with Crippen molar-refractivity contribution < 1.29 is 0 Å². The number of imidazole rings is 1. The monoisotopic (exact) mass is 252 g/mol.